The van der Waals surface area contributed by atoms with E-state index in [4.69, 9.17) is 0 Å². The molecule has 0 unspecified atom stereocenters. The molecule has 2 heteroatoms. The summed E-state index contributed by atoms with van der Waals surface area (Å²) in [5.41, 5.74) is 0. The molecule has 1 atom stereocenters. The van der Waals surface area contributed by atoms with Gasteiger partial charge in [0, 0.05) is 18.1 Å². The zero-order valence-electron chi connectivity index (χ0n) is 13.3. The largest absolute Gasteiger partial charge is 0.311 e. The van der Waals surface area contributed by atoms with Crippen molar-refractivity contribution in [2.24, 2.45) is 5.92 Å². The van der Waals surface area contributed by atoms with Gasteiger partial charge >= 0.3 is 0 Å². The number of hydrogen-bond donors (Lipinski definition) is 1. The van der Waals surface area contributed by atoms with Crippen molar-refractivity contribution in [3.63, 3.8) is 0 Å². The van der Waals surface area contributed by atoms with Crippen LogP contribution in [0.4, 0.5) is 0 Å². The van der Waals surface area contributed by atoms with Gasteiger partial charge in [-0.25, -0.2) is 0 Å². The summed E-state index contributed by atoms with van der Waals surface area (Å²) in [4.78, 5) is 2.62. The molecule has 1 aliphatic carbocycles. The molecular formula is C17H34N2. The van der Waals surface area contributed by atoms with E-state index in [0.29, 0.717) is 0 Å². The molecule has 0 radical (unpaired) electrons. The minimum atomic E-state index is 0.722. The summed E-state index contributed by atoms with van der Waals surface area (Å²) in [7, 11) is 0. The molecule has 0 aromatic heterocycles. The average molecular weight is 266 g/mol. The molecular weight excluding hydrogens is 232 g/mol. The first-order valence-electron chi connectivity index (χ1n) is 8.67. The zero-order valence-corrected chi connectivity index (χ0v) is 13.3. The Morgan fingerprint density at radius 2 is 1.42 bits per heavy atom. The number of likely N-dealkylation sites (tertiary alicyclic amines) is 1. The number of rotatable bonds is 4. The fourth-order valence-corrected chi connectivity index (χ4v) is 3.90. The topological polar surface area (TPSA) is 15.3 Å². The van der Waals surface area contributed by atoms with Crippen molar-refractivity contribution in [3.8, 4) is 0 Å². The average Bonchev–Trinajstić information content (AvgIpc) is 2.68. The van der Waals surface area contributed by atoms with Gasteiger partial charge in [-0.1, -0.05) is 25.7 Å². The molecule has 2 aliphatic rings. The van der Waals surface area contributed by atoms with E-state index < -0.39 is 0 Å². The maximum atomic E-state index is 3.95. The summed E-state index contributed by atoms with van der Waals surface area (Å²) in [6.45, 7) is 9.65. The summed E-state index contributed by atoms with van der Waals surface area (Å²) in [6.07, 6.45) is 11.5. The second-order valence-corrected chi connectivity index (χ2v) is 7.11. The molecule has 1 saturated carbocycles. The SMILES string of the molecule is CC(C)N1CCC(N[C@H](C)C2CCCCCC2)CC1. The highest BCUT2D eigenvalue weighted by Crippen LogP contribution is 2.26. The molecule has 1 saturated heterocycles. The lowest BCUT2D eigenvalue weighted by Crippen LogP contribution is -2.48. The van der Waals surface area contributed by atoms with Crippen LogP contribution in [0.15, 0.2) is 0 Å². The van der Waals surface area contributed by atoms with Gasteiger partial charge in [0.2, 0.25) is 0 Å². The first-order valence-corrected chi connectivity index (χ1v) is 8.67. The molecule has 2 nitrogen and oxygen atoms in total. The quantitative estimate of drug-likeness (QED) is 0.779. The number of nitrogens with zero attached hydrogens (tertiary/aromatic N) is 1. The van der Waals surface area contributed by atoms with Crippen molar-refractivity contribution in [1.29, 1.82) is 0 Å². The van der Waals surface area contributed by atoms with Crippen molar-refractivity contribution >= 4 is 0 Å². The second-order valence-electron chi connectivity index (χ2n) is 7.11. The van der Waals surface area contributed by atoms with Gasteiger partial charge in [-0.2, -0.15) is 0 Å². The minimum Gasteiger partial charge on any atom is -0.311 e. The Kier molecular flexibility index (Phi) is 6.15. The first-order chi connectivity index (χ1) is 9.16. The standard InChI is InChI=1S/C17H34N2/c1-14(2)19-12-10-17(11-13-19)18-15(3)16-8-6-4-5-7-9-16/h14-18H,4-13H2,1-3H3/t15-/m1/s1. The first kappa shape index (κ1) is 15.3. The highest BCUT2D eigenvalue weighted by atomic mass is 15.2. The lowest BCUT2D eigenvalue weighted by molar-refractivity contribution is 0.150. The summed E-state index contributed by atoms with van der Waals surface area (Å²) >= 11 is 0. The van der Waals surface area contributed by atoms with E-state index in [2.05, 4.69) is 31.0 Å². The molecule has 0 amide bonds. The highest BCUT2D eigenvalue weighted by molar-refractivity contribution is 4.83. The maximum Gasteiger partial charge on any atom is 0.00940 e. The fourth-order valence-electron chi connectivity index (χ4n) is 3.90. The Bertz CT molecular complexity index is 236. The molecule has 112 valence electrons. The van der Waals surface area contributed by atoms with Crippen LogP contribution in [0.1, 0.15) is 72.1 Å². The molecule has 1 heterocycles. The van der Waals surface area contributed by atoms with Crippen molar-refractivity contribution in [1.82, 2.24) is 10.2 Å². The normalized spacial score (nSPS) is 26.5. The summed E-state index contributed by atoms with van der Waals surface area (Å²) < 4.78 is 0. The van der Waals surface area contributed by atoms with Crippen LogP contribution in [0, 0.1) is 5.92 Å². The molecule has 0 aromatic carbocycles. The third-order valence-electron chi connectivity index (χ3n) is 5.37. The van der Waals surface area contributed by atoms with Gasteiger partial charge in [-0.05, 0) is 65.5 Å². The Morgan fingerprint density at radius 3 is 1.95 bits per heavy atom. The Balaban J connectivity index is 1.72. The van der Waals surface area contributed by atoms with E-state index >= 15 is 0 Å². The van der Waals surface area contributed by atoms with Gasteiger partial charge in [0.15, 0.2) is 0 Å². The van der Waals surface area contributed by atoms with Gasteiger partial charge in [-0.15, -0.1) is 0 Å². The predicted molar refractivity (Wildman–Crippen MR) is 83.5 cm³/mol. The third-order valence-corrected chi connectivity index (χ3v) is 5.37. The summed E-state index contributed by atoms with van der Waals surface area (Å²) in [5, 5.41) is 3.95. The second kappa shape index (κ2) is 7.64. The van der Waals surface area contributed by atoms with Crippen LogP contribution in [0.3, 0.4) is 0 Å². The Morgan fingerprint density at radius 1 is 0.842 bits per heavy atom. The van der Waals surface area contributed by atoms with Crippen molar-refractivity contribution in [2.45, 2.75) is 90.3 Å². The van der Waals surface area contributed by atoms with E-state index in [0.717, 1.165) is 24.0 Å². The third kappa shape index (κ3) is 4.75. The van der Waals surface area contributed by atoms with Crippen LogP contribution in [0.25, 0.3) is 0 Å². The van der Waals surface area contributed by atoms with Gasteiger partial charge in [0.05, 0.1) is 0 Å². The summed E-state index contributed by atoms with van der Waals surface area (Å²) in [6, 6.07) is 2.22. The molecule has 0 spiro atoms. The smallest absolute Gasteiger partial charge is 0.00940 e. The predicted octanol–water partition coefficient (Wildman–Crippen LogP) is 3.81. The minimum absolute atomic E-state index is 0.722. The highest BCUT2D eigenvalue weighted by Gasteiger charge is 2.25. The molecule has 0 bridgehead atoms. The van der Waals surface area contributed by atoms with Crippen molar-refractivity contribution in [2.75, 3.05) is 13.1 Å². The molecule has 1 N–H and O–H groups in total. The van der Waals surface area contributed by atoms with E-state index in [1.807, 2.05) is 0 Å². The van der Waals surface area contributed by atoms with Crippen LogP contribution in [-0.4, -0.2) is 36.1 Å². The van der Waals surface area contributed by atoms with Crippen LogP contribution >= 0.6 is 0 Å². The zero-order chi connectivity index (χ0) is 13.7. The molecule has 0 aromatic rings. The van der Waals surface area contributed by atoms with E-state index in [-0.39, 0.29) is 0 Å². The van der Waals surface area contributed by atoms with Gasteiger partial charge in [-0.3, -0.25) is 0 Å². The van der Waals surface area contributed by atoms with Crippen LogP contribution in [0.2, 0.25) is 0 Å². The molecule has 2 rings (SSSR count). The van der Waals surface area contributed by atoms with Gasteiger partial charge in [0.25, 0.3) is 0 Å². The van der Waals surface area contributed by atoms with E-state index in [1.165, 1.54) is 64.5 Å². The number of piperidine rings is 1. The van der Waals surface area contributed by atoms with Crippen molar-refractivity contribution < 1.29 is 0 Å². The molecule has 19 heavy (non-hydrogen) atoms. The monoisotopic (exact) mass is 266 g/mol. The lowest BCUT2D eigenvalue weighted by atomic mass is 9.91. The number of hydrogen-bond acceptors (Lipinski definition) is 2. The van der Waals surface area contributed by atoms with Crippen LogP contribution in [-0.2, 0) is 0 Å². The molecule has 1 aliphatic heterocycles. The van der Waals surface area contributed by atoms with Crippen molar-refractivity contribution in [3.05, 3.63) is 0 Å². The lowest BCUT2D eigenvalue weighted by Gasteiger charge is -2.37. The van der Waals surface area contributed by atoms with E-state index in [1.54, 1.807) is 0 Å². The van der Waals surface area contributed by atoms with Crippen LogP contribution in [0.5, 0.6) is 0 Å². The maximum absolute atomic E-state index is 3.95. The van der Waals surface area contributed by atoms with E-state index in [9.17, 15) is 0 Å². The van der Waals surface area contributed by atoms with Gasteiger partial charge in [0.1, 0.15) is 0 Å². The Hall–Kier alpha value is -0.0800. The van der Waals surface area contributed by atoms with Gasteiger partial charge < -0.3 is 10.2 Å². The summed E-state index contributed by atoms with van der Waals surface area (Å²) in [5.74, 6) is 0.936. The Labute approximate surface area is 120 Å². The number of nitrogens with one attached hydrogen (secondary N) is 1. The molecule has 2 fully saturated rings. The fraction of sp³-hybridized carbons (Fsp3) is 1.00. The van der Waals surface area contributed by atoms with Crippen LogP contribution < -0.4 is 5.32 Å².